The summed E-state index contributed by atoms with van der Waals surface area (Å²) in [6.07, 6.45) is 3.57. The van der Waals surface area contributed by atoms with E-state index < -0.39 is 10.1 Å². The van der Waals surface area contributed by atoms with Crippen LogP contribution in [0.25, 0.3) is 0 Å². The van der Waals surface area contributed by atoms with Gasteiger partial charge in [0, 0.05) is 0 Å². The molecule has 0 N–H and O–H groups in total. The van der Waals surface area contributed by atoms with Gasteiger partial charge >= 0.3 is 0 Å². The van der Waals surface area contributed by atoms with Crippen LogP contribution in [0.5, 0.6) is 0 Å². The van der Waals surface area contributed by atoms with Crippen LogP contribution in [-0.4, -0.2) is 14.5 Å². The van der Waals surface area contributed by atoms with Crippen LogP contribution >= 0.6 is 0 Å². The van der Waals surface area contributed by atoms with Gasteiger partial charge in [0.15, 0.2) is 0 Å². The number of benzene rings is 1. The van der Waals surface area contributed by atoms with Crippen LogP contribution in [0.15, 0.2) is 35.2 Å². The molecule has 1 aromatic rings. The normalized spacial score (nSPS) is 24.6. The van der Waals surface area contributed by atoms with E-state index in [2.05, 4.69) is 20.8 Å². The summed E-state index contributed by atoms with van der Waals surface area (Å²) in [5.74, 6) is 0.654. The molecule has 0 spiro atoms. The lowest BCUT2D eigenvalue weighted by Gasteiger charge is -2.36. The third kappa shape index (κ3) is 3.83. The fourth-order valence-electron chi connectivity index (χ4n) is 2.85. The Balaban J connectivity index is 1.96. The van der Waals surface area contributed by atoms with Crippen LogP contribution < -0.4 is 0 Å². The molecule has 1 saturated carbocycles. The number of rotatable bonds is 3. The summed E-state index contributed by atoms with van der Waals surface area (Å²) in [6.45, 7) is 6.75. The van der Waals surface area contributed by atoms with Crippen LogP contribution in [0, 0.1) is 11.3 Å². The van der Waals surface area contributed by atoms with Gasteiger partial charge in [-0.2, -0.15) is 8.42 Å². The highest BCUT2D eigenvalue weighted by Crippen LogP contribution is 2.39. The minimum Gasteiger partial charge on any atom is -0.263 e. The molecule has 0 amide bonds. The molecule has 2 rings (SSSR count). The second-order valence-corrected chi connectivity index (χ2v) is 8.28. The first-order valence-corrected chi connectivity index (χ1v) is 8.68. The lowest BCUT2D eigenvalue weighted by atomic mass is 9.72. The molecule has 0 atom stereocenters. The van der Waals surface area contributed by atoms with E-state index >= 15 is 0 Å². The lowest BCUT2D eigenvalue weighted by molar-refractivity contribution is 0.0924. The molecular formula is C16H24O3S. The van der Waals surface area contributed by atoms with Gasteiger partial charge in [-0.1, -0.05) is 39.0 Å². The zero-order valence-corrected chi connectivity index (χ0v) is 13.3. The molecule has 20 heavy (non-hydrogen) atoms. The summed E-state index contributed by atoms with van der Waals surface area (Å²) in [5.41, 5.74) is 0.295. The Morgan fingerprint density at radius 3 is 2.05 bits per heavy atom. The third-order valence-electron chi connectivity index (χ3n) is 4.19. The molecule has 0 aliphatic heterocycles. The Bertz CT molecular complexity index is 521. The molecule has 0 unspecified atom stereocenters. The van der Waals surface area contributed by atoms with Gasteiger partial charge in [0.05, 0.1) is 11.0 Å². The standard InChI is InChI=1S/C16H24O3S/c1-16(2,3)13-9-11-14(12-10-13)19-20(17,18)15-7-5-4-6-8-15/h4-8,13-14H,9-12H2,1-3H3. The van der Waals surface area contributed by atoms with E-state index in [0.29, 0.717) is 11.3 Å². The summed E-state index contributed by atoms with van der Waals surface area (Å²) in [4.78, 5) is 0.248. The number of hydrogen-bond donors (Lipinski definition) is 0. The second-order valence-electron chi connectivity index (χ2n) is 6.70. The summed E-state index contributed by atoms with van der Waals surface area (Å²) < 4.78 is 29.7. The predicted molar refractivity (Wildman–Crippen MR) is 79.9 cm³/mol. The van der Waals surface area contributed by atoms with Crippen molar-refractivity contribution in [3.8, 4) is 0 Å². The first kappa shape index (κ1) is 15.5. The van der Waals surface area contributed by atoms with E-state index in [1.807, 2.05) is 0 Å². The molecule has 0 aromatic heterocycles. The third-order valence-corrected chi connectivity index (χ3v) is 5.57. The zero-order valence-electron chi connectivity index (χ0n) is 12.5. The second kappa shape index (κ2) is 5.86. The predicted octanol–water partition coefficient (Wildman–Crippen LogP) is 4.00. The molecule has 3 nitrogen and oxygen atoms in total. The Hall–Kier alpha value is -0.870. The molecule has 0 bridgehead atoms. The van der Waals surface area contributed by atoms with Crippen molar-refractivity contribution >= 4 is 10.1 Å². The van der Waals surface area contributed by atoms with E-state index in [0.717, 1.165) is 25.7 Å². The van der Waals surface area contributed by atoms with Gasteiger partial charge < -0.3 is 0 Å². The van der Waals surface area contributed by atoms with Gasteiger partial charge in [-0.15, -0.1) is 0 Å². The van der Waals surface area contributed by atoms with Gasteiger partial charge in [0.25, 0.3) is 10.1 Å². The van der Waals surface area contributed by atoms with E-state index in [1.54, 1.807) is 30.3 Å². The van der Waals surface area contributed by atoms with E-state index in [1.165, 1.54) is 0 Å². The Morgan fingerprint density at radius 1 is 1.00 bits per heavy atom. The van der Waals surface area contributed by atoms with Crippen molar-refractivity contribution < 1.29 is 12.6 Å². The topological polar surface area (TPSA) is 43.4 Å². The minimum absolute atomic E-state index is 0.168. The maximum absolute atomic E-state index is 12.2. The lowest BCUT2D eigenvalue weighted by Crippen LogP contribution is -2.30. The van der Waals surface area contributed by atoms with Crippen molar-refractivity contribution in [1.29, 1.82) is 0 Å². The van der Waals surface area contributed by atoms with Crippen molar-refractivity contribution in [2.24, 2.45) is 11.3 Å². The molecule has 1 aromatic carbocycles. The van der Waals surface area contributed by atoms with Crippen molar-refractivity contribution in [1.82, 2.24) is 0 Å². The smallest absolute Gasteiger partial charge is 0.263 e. The van der Waals surface area contributed by atoms with Gasteiger partial charge in [-0.05, 0) is 49.1 Å². The molecule has 1 aliphatic carbocycles. The van der Waals surface area contributed by atoms with Crippen LogP contribution in [-0.2, 0) is 14.3 Å². The van der Waals surface area contributed by atoms with Gasteiger partial charge in [-0.25, -0.2) is 0 Å². The van der Waals surface area contributed by atoms with Crippen LogP contribution in [0.2, 0.25) is 0 Å². The largest absolute Gasteiger partial charge is 0.297 e. The van der Waals surface area contributed by atoms with E-state index in [4.69, 9.17) is 4.18 Å². The highest BCUT2D eigenvalue weighted by atomic mass is 32.2. The Kier molecular flexibility index (Phi) is 4.55. The minimum atomic E-state index is -3.61. The summed E-state index contributed by atoms with van der Waals surface area (Å²) >= 11 is 0. The molecule has 4 heteroatoms. The fraction of sp³-hybridized carbons (Fsp3) is 0.625. The maximum atomic E-state index is 12.2. The van der Waals surface area contributed by atoms with Crippen molar-refractivity contribution in [2.75, 3.05) is 0 Å². The average Bonchev–Trinajstić information content (AvgIpc) is 2.39. The molecule has 0 saturated heterocycles. The van der Waals surface area contributed by atoms with E-state index in [9.17, 15) is 8.42 Å². The van der Waals surface area contributed by atoms with Crippen LogP contribution in [0.3, 0.4) is 0 Å². The van der Waals surface area contributed by atoms with Crippen molar-refractivity contribution in [3.63, 3.8) is 0 Å². The molecule has 0 radical (unpaired) electrons. The Morgan fingerprint density at radius 2 is 1.55 bits per heavy atom. The summed E-state index contributed by atoms with van der Waals surface area (Å²) in [6, 6.07) is 8.39. The maximum Gasteiger partial charge on any atom is 0.297 e. The highest BCUT2D eigenvalue weighted by molar-refractivity contribution is 7.86. The van der Waals surface area contributed by atoms with Crippen LogP contribution in [0.4, 0.5) is 0 Å². The zero-order chi connectivity index (χ0) is 14.8. The van der Waals surface area contributed by atoms with Crippen molar-refractivity contribution in [2.45, 2.75) is 57.5 Å². The van der Waals surface area contributed by atoms with Crippen molar-refractivity contribution in [3.05, 3.63) is 30.3 Å². The molecule has 1 fully saturated rings. The fourth-order valence-corrected chi connectivity index (χ4v) is 4.00. The van der Waals surface area contributed by atoms with E-state index in [-0.39, 0.29) is 11.0 Å². The van der Waals surface area contributed by atoms with Gasteiger partial charge in [0.1, 0.15) is 0 Å². The summed E-state index contributed by atoms with van der Waals surface area (Å²) in [5, 5.41) is 0. The first-order valence-electron chi connectivity index (χ1n) is 7.27. The SMILES string of the molecule is CC(C)(C)C1CCC(OS(=O)(=O)c2ccccc2)CC1. The van der Waals surface area contributed by atoms with Gasteiger partial charge in [-0.3, -0.25) is 4.18 Å². The average molecular weight is 296 g/mol. The molecule has 112 valence electrons. The highest BCUT2D eigenvalue weighted by Gasteiger charge is 2.32. The number of hydrogen-bond acceptors (Lipinski definition) is 3. The monoisotopic (exact) mass is 296 g/mol. The Labute approximate surface area is 122 Å². The molecule has 0 heterocycles. The molecule has 1 aliphatic rings. The molecular weight excluding hydrogens is 272 g/mol. The first-order chi connectivity index (χ1) is 9.29. The quantitative estimate of drug-likeness (QED) is 0.792. The van der Waals surface area contributed by atoms with Gasteiger partial charge in [0.2, 0.25) is 0 Å². The summed E-state index contributed by atoms with van der Waals surface area (Å²) in [7, 11) is -3.61. The van der Waals surface area contributed by atoms with Crippen LogP contribution in [0.1, 0.15) is 46.5 Å².